The van der Waals surface area contributed by atoms with Gasteiger partial charge in [0, 0.05) is 30.9 Å². The molecule has 3 aromatic rings. The number of nitrogens with one attached hydrogen (secondary N) is 1. The molecule has 0 radical (unpaired) electrons. The highest BCUT2D eigenvalue weighted by Crippen LogP contribution is 2.23. The Hall–Kier alpha value is -2.25. The third-order valence-electron chi connectivity index (χ3n) is 4.28. The zero-order valence-electron chi connectivity index (χ0n) is 12.9. The fraction of sp³-hybridized carbons (Fsp3) is 0.438. The van der Waals surface area contributed by atoms with Crippen LogP contribution in [0.3, 0.4) is 0 Å². The van der Waals surface area contributed by atoms with Crippen LogP contribution in [-0.4, -0.2) is 49.4 Å². The highest BCUT2D eigenvalue weighted by Gasteiger charge is 2.32. The minimum atomic E-state index is -0.352. The summed E-state index contributed by atoms with van der Waals surface area (Å²) in [4.78, 5) is 10.7. The molecule has 0 spiro atoms. The Morgan fingerprint density at radius 3 is 3.13 bits per heavy atom. The number of fused-ring (bicyclic) bond motifs is 1. The van der Waals surface area contributed by atoms with Gasteiger partial charge in [-0.2, -0.15) is 10.1 Å². The molecule has 0 unspecified atom stereocenters. The number of aromatic amines is 1. The maximum absolute atomic E-state index is 10.3. The van der Waals surface area contributed by atoms with E-state index in [1.165, 1.54) is 0 Å². The Morgan fingerprint density at radius 1 is 1.43 bits per heavy atom. The van der Waals surface area contributed by atoms with Crippen molar-refractivity contribution in [3.63, 3.8) is 0 Å². The molecule has 0 saturated carbocycles. The minimum absolute atomic E-state index is 0.181. The van der Waals surface area contributed by atoms with Crippen LogP contribution in [0.25, 0.3) is 11.2 Å². The van der Waals surface area contributed by atoms with E-state index in [1.807, 2.05) is 25.1 Å². The number of oxazole rings is 1. The van der Waals surface area contributed by atoms with Crippen molar-refractivity contribution in [2.75, 3.05) is 13.1 Å². The number of aryl methyl sites for hydroxylation is 1. The minimum Gasteiger partial charge on any atom is -0.438 e. The Bertz CT molecular complexity index is 779. The van der Waals surface area contributed by atoms with Crippen molar-refractivity contribution in [3.05, 3.63) is 41.7 Å². The molecule has 2 N–H and O–H groups in total. The molecular weight excluding hydrogens is 294 g/mol. The van der Waals surface area contributed by atoms with Gasteiger partial charge in [0.1, 0.15) is 0 Å². The van der Waals surface area contributed by atoms with E-state index in [4.69, 9.17) is 4.42 Å². The highest BCUT2D eigenvalue weighted by molar-refractivity contribution is 5.66. The quantitative estimate of drug-likeness (QED) is 0.754. The van der Waals surface area contributed by atoms with Crippen LogP contribution < -0.4 is 0 Å². The molecule has 0 aromatic carbocycles. The maximum Gasteiger partial charge on any atom is 0.211 e. The van der Waals surface area contributed by atoms with Crippen molar-refractivity contribution >= 4 is 11.2 Å². The highest BCUT2D eigenvalue weighted by atomic mass is 16.3. The van der Waals surface area contributed by atoms with Gasteiger partial charge in [-0.15, -0.1) is 0 Å². The molecule has 4 heterocycles. The number of H-pyrrole nitrogens is 1. The van der Waals surface area contributed by atoms with Crippen LogP contribution in [0.5, 0.6) is 0 Å². The Kier molecular flexibility index (Phi) is 3.59. The van der Waals surface area contributed by atoms with Gasteiger partial charge in [0.15, 0.2) is 11.2 Å². The van der Waals surface area contributed by atoms with Gasteiger partial charge in [-0.05, 0) is 31.5 Å². The van der Waals surface area contributed by atoms with Crippen LogP contribution in [0.4, 0.5) is 0 Å². The van der Waals surface area contributed by atoms with E-state index < -0.39 is 0 Å². The molecule has 0 aliphatic carbocycles. The molecule has 23 heavy (non-hydrogen) atoms. The Balaban J connectivity index is 1.42. The van der Waals surface area contributed by atoms with Crippen molar-refractivity contribution in [3.8, 4) is 0 Å². The van der Waals surface area contributed by atoms with E-state index in [0.29, 0.717) is 30.2 Å². The average molecular weight is 313 g/mol. The standard InChI is InChI=1S/C16H19N5O2/c1-10-5-12(20-19-10)6-11-7-21(8-13(11)22)9-15-18-16-14(23-15)3-2-4-17-16/h2-5,11,13,22H,6-9H2,1H3,(H,19,20)/t11-,13-/m1/s1. The van der Waals surface area contributed by atoms with Crippen LogP contribution in [0.1, 0.15) is 17.3 Å². The second-order valence-corrected chi connectivity index (χ2v) is 6.20. The lowest BCUT2D eigenvalue weighted by Gasteiger charge is -2.12. The fourth-order valence-electron chi connectivity index (χ4n) is 3.19. The number of pyridine rings is 1. The molecule has 1 aliphatic rings. The van der Waals surface area contributed by atoms with Crippen LogP contribution >= 0.6 is 0 Å². The number of hydrogen-bond donors (Lipinski definition) is 2. The molecule has 0 bridgehead atoms. The molecule has 1 saturated heterocycles. The predicted octanol–water partition coefficient (Wildman–Crippen LogP) is 1.29. The first-order valence-corrected chi connectivity index (χ1v) is 7.79. The van der Waals surface area contributed by atoms with Crippen molar-refractivity contribution in [2.45, 2.75) is 26.0 Å². The Labute approximate surface area is 133 Å². The van der Waals surface area contributed by atoms with Gasteiger partial charge in [0.05, 0.1) is 18.3 Å². The number of β-amino-alcohol motifs (C(OH)–C–C–N with tert-alkyl or cyclic N) is 1. The number of aromatic nitrogens is 4. The second-order valence-electron chi connectivity index (χ2n) is 6.20. The molecule has 7 heteroatoms. The molecule has 7 nitrogen and oxygen atoms in total. The fourth-order valence-corrected chi connectivity index (χ4v) is 3.19. The van der Waals surface area contributed by atoms with Crippen molar-refractivity contribution < 1.29 is 9.52 Å². The smallest absolute Gasteiger partial charge is 0.211 e. The van der Waals surface area contributed by atoms with Gasteiger partial charge in [0.2, 0.25) is 5.89 Å². The van der Waals surface area contributed by atoms with Crippen molar-refractivity contribution in [1.29, 1.82) is 0 Å². The number of nitrogens with zero attached hydrogens (tertiary/aromatic N) is 4. The predicted molar refractivity (Wildman–Crippen MR) is 83.6 cm³/mol. The number of rotatable bonds is 4. The third kappa shape index (κ3) is 2.97. The zero-order valence-corrected chi connectivity index (χ0v) is 12.9. The van der Waals surface area contributed by atoms with E-state index in [1.54, 1.807) is 6.20 Å². The lowest BCUT2D eigenvalue weighted by Crippen LogP contribution is -2.21. The van der Waals surface area contributed by atoms with Crippen LogP contribution in [-0.2, 0) is 13.0 Å². The van der Waals surface area contributed by atoms with Crippen molar-refractivity contribution in [1.82, 2.24) is 25.1 Å². The van der Waals surface area contributed by atoms with Crippen LogP contribution in [0.2, 0.25) is 0 Å². The first kappa shape index (κ1) is 14.3. The summed E-state index contributed by atoms with van der Waals surface area (Å²) in [5.41, 5.74) is 3.37. The number of aliphatic hydroxyl groups excluding tert-OH is 1. The van der Waals surface area contributed by atoms with Gasteiger partial charge < -0.3 is 9.52 Å². The van der Waals surface area contributed by atoms with Crippen LogP contribution in [0, 0.1) is 12.8 Å². The Morgan fingerprint density at radius 2 is 2.35 bits per heavy atom. The van der Waals surface area contributed by atoms with E-state index in [9.17, 15) is 5.11 Å². The van der Waals surface area contributed by atoms with Gasteiger partial charge in [-0.25, -0.2) is 4.98 Å². The topological polar surface area (TPSA) is 91.1 Å². The summed E-state index contributed by atoms with van der Waals surface area (Å²) >= 11 is 0. The largest absolute Gasteiger partial charge is 0.438 e. The first-order valence-electron chi connectivity index (χ1n) is 7.79. The number of aliphatic hydroxyl groups is 1. The average Bonchev–Trinajstić information content (AvgIpc) is 3.19. The van der Waals surface area contributed by atoms with E-state index >= 15 is 0 Å². The summed E-state index contributed by atoms with van der Waals surface area (Å²) in [6, 6.07) is 5.72. The SMILES string of the molecule is Cc1cc(C[C@@H]2CN(Cc3nc4ncccc4o3)C[C@H]2O)n[nH]1. The van der Waals surface area contributed by atoms with Gasteiger partial charge >= 0.3 is 0 Å². The maximum atomic E-state index is 10.3. The number of hydrogen-bond acceptors (Lipinski definition) is 6. The number of likely N-dealkylation sites (tertiary alicyclic amines) is 1. The molecule has 3 aromatic heterocycles. The molecule has 1 fully saturated rings. The lowest BCUT2D eigenvalue weighted by molar-refractivity contribution is 0.139. The third-order valence-corrected chi connectivity index (χ3v) is 4.28. The van der Waals surface area contributed by atoms with Gasteiger partial charge in [-0.3, -0.25) is 10.00 Å². The normalized spacial score (nSPS) is 22.2. The molecule has 1 aliphatic heterocycles. The van der Waals surface area contributed by atoms with E-state index in [-0.39, 0.29) is 12.0 Å². The summed E-state index contributed by atoms with van der Waals surface area (Å²) in [6.07, 6.45) is 2.13. The molecular formula is C16H19N5O2. The molecule has 0 amide bonds. The first-order chi connectivity index (χ1) is 11.2. The second kappa shape index (κ2) is 5.75. The lowest BCUT2D eigenvalue weighted by atomic mass is 10.0. The van der Waals surface area contributed by atoms with E-state index in [0.717, 1.165) is 24.4 Å². The van der Waals surface area contributed by atoms with Gasteiger partial charge in [0.25, 0.3) is 0 Å². The molecule has 120 valence electrons. The van der Waals surface area contributed by atoms with E-state index in [2.05, 4.69) is 25.1 Å². The monoisotopic (exact) mass is 313 g/mol. The molecule has 2 atom stereocenters. The van der Waals surface area contributed by atoms with Gasteiger partial charge in [-0.1, -0.05) is 0 Å². The van der Waals surface area contributed by atoms with Crippen LogP contribution in [0.15, 0.2) is 28.8 Å². The summed E-state index contributed by atoms with van der Waals surface area (Å²) in [6.45, 7) is 4.00. The zero-order chi connectivity index (χ0) is 15.8. The molecule has 4 rings (SSSR count). The summed E-state index contributed by atoms with van der Waals surface area (Å²) < 4.78 is 5.71. The van der Waals surface area contributed by atoms with Crippen molar-refractivity contribution in [2.24, 2.45) is 5.92 Å². The summed E-state index contributed by atoms with van der Waals surface area (Å²) in [5.74, 6) is 0.822. The summed E-state index contributed by atoms with van der Waals surface area (Å²) in [5, 5.41) is 17.5. The summed E-state index contributed by atoms with van der Waals surface area (Å²) in [7, 11) is 0.